The zero-order chi connectivity index (χ0) is 21.3. The molecule has 1 aromatic carbocycles. The summed E-state index contributed by atoms with van der Waals surface area (Å²) in [6.45, 7) is 3.52. The zero-order valence-corrected chi connectivity index (χ0v) is 18.6. The molecule has 3 N–H and O–H groups in total. The minimum Gasteiger partial charge on any atom is -0.480 e. The van der Waals surface area contributed by atoms with Gasteiger partial charge in [-0.1, -0.05) is 30.3 Å². The maximum atomic E-state index is 12.9. The Bertz CT molecular complexity index is 836. The van der Waals surface area contributed by atoms with Gasteiger partial charge in [0.15, 0.2) is 0 Å². The molecule has 9 nitrogen and oxygen atoms in total. The van der Waals surface area contributed by atoms with Gasteiger partial charge < -0.3 is 25.4 Å². The largest absolute Gasteiger partial charge is 0.480 e. The monoisotopic (exact) mass is 533 g/mol. The Kier molecular flexibility index (Phi) is 6.27. The van der Waals surface area contributed by atoms with Crippen molar-refractivity contribution in [3.63, 3.8) is 0 Å². The summed E-state index contributed by atoms with van der Waals surface area (Å²) in [6.07, 6.45) is -0.757. The Morgan fingerprint density at radius 3 is 2.55 bits per heavy atom. The molecule has 0 aliphatic carbocycles. The number of aliphatic carboxylic acids is 1. The number of alkyl halides is 1. The van der Waals surface area contributed by atoms with Crippen LogP contribution in [0.2, 0.25) is 0 Å². The summed E-state index contributed by atoms with van der Waals surface area (Å²) in [4.78, 5) is 50.3. The summed E-state index contributed by atoms with van der Waals surface area (Å²) in [5, 5.41) is 14.2. The van der Waals surface area contributed by atoms with Crippen molar-refractivity contribution < 1.29 is 29.0 Å². The molecule has 29 heavy (non-hydrogen) atoms. The van der Waals surface area contributed by atoms with E-state index in [2.05, 4.69) is 10.6 Å². The molecule has 0 radical (unpaired) electrons. The number of rotatable bonds is 6. The molecular formula is C18H20IN3O6S. The highest BCUT2D eigenvalue weighted by atomic mass is 127. The van der Waals surface area contributed by atoms with Crippen LogP contribution in [0.5, 0.6) is 0 Å². The maximum absolute atomic E-state index is 12.9. The number of carbonyl (C=O) groups is 4. The minimum absolute atomic E-state index is 0.118. The maximum Gasteiger partial charge on any atom is 0.408 e. The summed E-state index contributed by atoms with van der Waals surface area (Å²) in [6, 6.07) is 5.72. The van der Waals surface area contributed by atoms with Crippen molar-refractivity contribution in [3.8, 4) is 0 Å². The number of nitrogens with one attached hydrogen (secondary N) is 2. The normalized spacial score (nSPS) is 25.4. The summed E-state index contributed by atoms with van der Waals surface area (Å²) in [5.41, 5.74) is 0.529. The lowest BCUT2D eigenvalue weighted by atomic mass is 9.95. The highest BCUT2D eigenvalue weighted by Gasteiger charge is 2.64. The topological polar surface area (TPSA) is 125 Å². The van der Waals surface area contributed by atoms with Gasteiger partial charge in [0, 0.05) is 4.75 Å². The van der Waals surface area contributed by atoms with Gasteiger partial charge in [0.25, 0.3) is 0 Å². The predicted molar refractivity (Wildman–Crippen MR) is 113 cm³/mol. The molecule has 1 unspecified atom stereocenters. The van der Waals surface area contributed by atoms with Crippen LogP contribution in [0.4, 0.5) is 4.79 Å². The molecule has 11 heteroatoms. The number of thioether (sulfide) groups is 1. The van der Waals surface area contributed by atoms with Crippen molar-refractivity contribution in [2.24, 2.45) is 0 Å². The van der Waals surface area contributed by atoms with Gasteiger partial charge in [-0.05, 0) is 42.0 Å². The quantitative estimate of drug-likeness (QED) is 0.288. The fourth-order valence-electron chi connectivity index (χ4n) is 3.54. The number of benzene rings is 1. The van der Waals surface area contributed by atoms with Gasteiger partial charge in [-0.2, -0.15) is 0 Å². The zero-order valence-electron chi connectivity index (χ0n) is 15.6. The fourth-order valence-corrected chi connectivity index (χ4v) is 5.45. The molecular weight excluding hydrogens is 513 g/mol. The van der Waals surface area contributed by atoms with Crippen LogP contribution in [-0.2, 0) is 19.1 Å². The number of fused-ring (bicyclic) bond motifs is 1. The van der Waals surface area contributed by atoms with Crippen molar-refractivity contribution in [2.45, 2.75) is 42.1 Å². The predicted octanol–water partition coefficient (Wildman–Crippen LogP) is 1.48. The Balaban J connectivity index is 1.76. The third-order valence-corrected chi connectivity index (χ3v) is 6.70. The molecule has 2 saturated heterocycles. The van der Waals surface area contributed by atoms with E-state index < -0.39 is 52.1 Å². The van der Waals surface area contributed by atoms with E-state index in [1.807, 2.05) is 22.6 Å². The average Bonchev–Trinajstić information content (AvgIpc) is 2.93. The Morgan fingerprint density at radius 1 is 1.31 bits per heavy atom. The van der Waals surface area contributed by atoms with E-state index in [1.165, 1.54) is 16.7 Å². The van der Waals surface area contributed by atoms with Crippen molar-refractivity contribution in [2.75, 3.05) is 4.61 Å². The van der Waals surface area contributed by atoms with Crippen molar-refractivity contribution in [3.05, 3.63) is 35.9 Å². The smallest absolute Gasteiger partial charge is 0.408 e. The number of nitrogens with zero attached hydrogens (tertiary/aromatic N) is 1. The number of carboxylic acid groups (broad SMARTS) is 1. The van der Waals surface area contributed by atoms with E-state index in [-0.39, 0.29) is 4.61 Å². The van der Waals surface area contributed by atoms with Crippen LogP contribution in [0, 0.1) is 0 Å². The van der Waals surface area contributed by atoms with E-state index in [0.29, 0.717) is 5.56 Å². The van der Waals surface area contributed by atoms with Gasteiger partial charge in [-0.15, -0.1) is 11.8 Å². The average molecular weight is 533 g/mol. The van der Waals surface area contributed by atoms with Gasteiger partial charge in [-0.3, -0.25) is 9.59 Å². The first-order valence-corrected chi connectivity index (χ1v) is 11.1. The van der Waals surface area contributed by atoms with Crippen molar-refractivity contribution >= 4 is 58.2 Å². The van der Waals surface area contributed by atoms with Gasteiger partial charge in [0.1, 0.15) is 28.1 Å². The second kappa shape index (κ2) is 8.38. The number of hydrogen-bond acceptors (Lipinski definition) is 6. The van der Waals surface area contributed by atoms with Gasteiger partial charge in [-0.25, -0.2) is 9.59 Å². The van der Waals surface area contributed by atoms with Crippen LogP contribution in [0.15, 0.2) is 30.3 Å². The summed E-state index contributed by atoms with van der Waals surface area (Å²) < 4.78 is 4.29. The number of hydrogen-bond donors (Lipinski definition) is 3. The highest BCUT2D eigenvalue weighted by Crippen LogP contribution is 2.50. The van der Waals surface area contributed by atoms with Crippen molar-refractivity contribution in [1.29, 1.82) is 0 Å². The van der Waals surface area contributed by atoms with Crippen LogP contribution in [0.1, 0.15) is 25.5 Å². The van der Waals surface area contributed by atoms with Crippen LogP contribution >= 0.6 is 34.4 Å². The number of amides is 3. The van der Waals surface area contributed by atoms with Crippen LogP contribution in [0.25, 0.3) is 0 Å². The van der Waals surface area contributed by atoms with E-state index in [4.69, 9.17) is 4.74 Å². The van der Waals surface area contributed by atoms with Crippen molar-refractivity contribution in [1.82, 2.24) is 15.5 Å². The first-order chi connectivity index (χ1) is 13.7. The van der Waals surface area contributed by atoms with Crippen LogP contribution < -0.4 is 10.6 Å². The minimum atomic E-state index is -1.08. The third-order valence-electron chi connectivity index (χ3n) is 4.82. The summed E-state index contributed by atoms with van der Waals surface area (Å²) >= 11 is 3.20. The van der Waals surface area contributed by atoms with E-state index in [1.54, 1.807) is 44.2 Å². The van der Waals surface area contributed by atoms with E-state index >= 15 is 0 Å². The highest BCUT2D eigenvalue weighted by molar-refractivity contribution is 14.1. The SMILES string of the molecule is CC1(C)S[C@@H]2[C@H](NC(=O)C(NC(=O)OCI)c3ccccc3)C(=O)N2[C@H]1C(=O)O. The van der Waals surface area contributed by atoms with E-state index in [0.717, 1.165) is 0 Å². The first-order valence-electron chi connectivity index (χ1n) is 8.74. The summed E-state index contributed by atoms with van der Waals surface area (Å²) in [5.74, 6) is -2.10. The lowest BCUT2D eigenvalue weighted by Crippen LogP contribution is -2.71. The molecule has 2 fully saturated rings. The Morgan fingerprint density at radius 2 is 1.97 bits per heavy atom. The molecule has 0 aromatic heterocycles. The lowest BCUT2D eigenvalue weighted by Gasteiger charge is -2.43. The molecule has 3 amide bonds. The number of alkyl carbamates (subject to hydrolysis) is 1. The second-order valence-corrected chi connectivity index (χ2v) is 9.51. The number of carbonyl (C=O) groups excluding carboxylic acids is 3. The van der Waals surface area contributed by atoms with Crippen LogP contribution in [-0.4, -0.2) is 60.7 Å². The van der Waals surface area contributed by atoms with Gasteiger partial charge in [0.05, 0.1) is 0 Å². The molecule has 2 aliphatic heterocycles. The molecule has 2 heterocycles. The lowest BCUT2D eigenvalue weighted by molar-refractivity contribution is -0.161. The number of β-lactam (4-membered cyclic amide) rings is 1. The molecule has 0 bridgehead atoms. The Labute approximate surface area is 185 Å². The molecule has 2 aliphatic rings. The molecule has 0 saturated carbocycles. The number of ether oxygens (including phenoxy) is 1. The number of halogens is 1. The molecule has 0 spiro atoms. The second-order valence-electron chi connectivity index (χ2n) is 7.11. The molecule has 156 valence electrons. The Hall–Kier alpha value is -2.02. The van der Waals surface area contributed by atoms with Crippen LogP contribution in [0.3, 0.4) is 0 Å². The van der Waals surface area contributed by atoms with Gasteiger partial charge in [0.2, 0.25) is 11.8 Å². The molecule has 3 rings (SSSR count). The molecule has 4 atom stereocenters. The summed E-state index contributed by atoms with van der Waals surface area (Å²) in [7, 11) is 0. The third kappa shape index (κ3) is 4.15. The van der Waals surface area contributed by atoms with E-state index in [9.17, 15) is 24.3 Å². The fraction of sp³-hybridized carbons (Fsp3) is 0.444. The van der Waals surface area contributed by atoms with Gasteiger partial charge >= 0.3 is 12.1 Å². The molecule has 1 aromatic rings. The standard InChI is InChI=1S/C18H20IN3O6S/c1-18(2)12(16(25)26)22-14(24)11(15(22)29-18)20-13(23)10(21-17(27)28-8-19)9-6-4-3-5-7-9/h3-7,10-12,15H,8H2,1-2H3,(H,20,23)(H,21,27)(H,25,26)/t10?,11-,12+,15-/m1/s1. The first kappa shape index (κ1) is 21.7. The number of carboxylic acids is 1.